The molecule has 120 valence electrons. The highest BCUT2D eigenvalue weighted by Gasteiger charge is 2.28. The Labute approximate surface area is 127 Å². The number of amides is 2. The minimum Gasteiger partial charge on any atom is -0.481 e. The molecule has 0 radical (unpaired) electrons. The van der Waals surface area contributed by atoms with Crippen LogP contribution in [0.15, 0.2) is 0 Å². The van der Waals surface area contributed by atoms with E-state index in [2.05, 4.69) is 5.32 Å². The van der Waals surface area contributed by atoms with Crippen molar-refractivity contribution in [2.75, 3.05) is 19.6 Å². The number of rotatable bonds is 5. The van der Waals surface area contributed by atoms with Crippen molar-refractivity contribution in [3.63, 3.8) is 0 Å². The molecule has 1 saturated carbocycles. The highest BCUT2D eigenvalue weighted by Crippen LogP contribution is 2.27. The Morgan fingerprint density at radius 2 is 1.95 bits per heavy atom. The van der Waals surface area contributed by atoms with Crippen molar-refractivity contribution < 1.29 is 14.7 Å². The van der Waals surface area contributed by atoms with E-state index in [1.807, 2.05) is 11.8 Å². The van der Waals surface area contributed by atoms with Crippen LogP contribution in [0.1, 0.15) is 51.9 Å². The third kappa shape index (κ3) is 4.90. The molecule has 1 aliphatic carbocycles. The van der Waals surface area contributed by atoms with E-state index < -0.39 is 5.97 Å². The number of aliphatic carboxylic acids is 1. The SMILES string of the molecule is CC(CC(=O)O)C1CCCN(C(=O)NCC2CCCC2)C1. The topological polar surface area (TPSA) is 69.6 Å². The Kier molecular flexibility index (Phi) is 5.88. The van der Waals surface area contributed by atoms with Gasteiger partial charge >= 0.3 is 12.0 Å². The molecule has 0 spiro atoms. The van der Waals surface area contributed by atoms with Crippen LogP contribution >= 0.6 is 0 Å². The Morgan fingerprint density at radius 1 is 1.24 bits per heavy atom. The van der Waals surface area contributed by atoms with E-state index in [1.165, 1.54) is 25.7 Å². The molecular formula is C16H28N2O3. The number of hydrogen-bond donors (Lipinski definition) is 2. The van der Waals surface area contributed by atoms with Gasteiger partial charge in [-0.2, -0.15) is 0 Å². The van der Waals surface area contributed by atoms with Gasteiger partial charge in [-0.3, -0.25) is 4.79 Å². The van der Waals surface area contributed by atoms with Gasteiger partial charge in [0.2, 0.25) is 0 Å². The predicted octanol–water partition coefficient (Wildman–Crippen LogP) is 2.71. The van der Waals surface area contributed by atoms with Crippen LogP contribution in [-0.2, 0) is 4.79 Å². The zero-order valence-corrected chi connectivity index (χ0v) is 13.0. The van der Waals surface area contributed by atoms with Crippen molar-refractivity contribution in [1.82, 2.24) is 10.2 Å². The molecule has 0 aromatic rings. The summed E-state index contributed by atoms with van der Waals surface area (Å²) in [4.78, 5) is 24.9. The number of carbonyl (C=O) groups excluding carboxylic acids is 1. The van der Waals surface area contributed by atoms with E-state index in [-0.39, 0.29) is 18.4 Å². The molecule has 2 atom stereocenters. The van der Waals surface area contributed by atoms with Gasteiger partial charge in [-0.25, -0.2) is 4.79 Å². The molecule has 2 rings (SSSR count). The van der Waals surface area contributed by atoms with Gasteiger partial charge in [0.1, 0.15) is 0 Å². The molecule has 5 heteroatoms. The average Bonchev–Trinajstić information content (AvgIpc) is 2.97. The van der Waals surface area contributed by atoms with Crippen molar-refractivity contribution in [1.29, 1.82) is 0 Å². The Bertz CT molecular complexity index is 367. The highest BCUT2D eigenvalue weighted by atomic mass is 16.4. The lowest BCUT2D eigenvalue weighted by Gasteiger charge is -2.35. The number of piperidine rings is 1. The number of nitrogens with zero attached hydrogens (tertiary/aromatic N) is 1. The zero-order valence-electron chi connectivity index (χ0n) is 13.0. The first-order valence-corrected chi connectivity index (χ1v) is 8.31. The number of likely N-dealkylation sites (tertiary alicyclic amines) is 1. The van der Waals surface area contributed by atoms with Crippen LogP contribution in [0.2, 0.25) is 0 Å². The van der Waals surface area contributed by atoms with Gasteiger partial charge in [0.05, 0.1) is 0 Å². The smallest absolute Gasteiger partial charge is 0.317 e. The van der Waals surface area contributed by atoms with E-state index in [0.717, 1.165) is 25.9 Å². The summed E-state index contributed by atoms with van der Waals surface area (Å²) >= 11 is 0. The van der Waals surface area contributed by atoms with Crippen LogP contribution in [0, 0.1) is 17.8 Å². The Hall–Kier alpha value is -1.26. The molecule has 2 aliphatic rings. The van der Waals surface area contributed by atoms with Gasteiger partial charge in [-0.1, -0.05) is 19.8 Å². The second-order valence-electron chi connectivity index (χ2n) is 6.76. The minimum absolute atomic E-state index is 0.0362. The first-order valence-electron chi connectivity index (χ1n) is 8.31. The third-order valence-corrected chi connectivity index (χ3v) is 5.06. The summed E-state index contributed by atoms with van der Waals surface area (Å²) in [5.74, 6) is 0.353. The van der Waals surface area contributed by atoms with Gasteiger partial charge in [-0.15, -0.1) is 0 Å². The zero-order chi connectivity index (χ0) is 15.2. The number of carbonyl (C=O) groups is 2. The van der Waals surface area contributed by atoms with Crippen molar-refractivity contribution in [3.8, 4) is 0 Å². The number of nitrogens with one attached hydrogen (secondary N) is 1. The fourth-order valence-electron chi connectivity index (χ4n) is 3.66. The largest absolute Gasteiger partial charge is 0.481 e. The first kappa shape index (κ1) is 16.1. The van der Waals surface area contributed by atoms with Crippen molar-refractivity contribution in [2.24, 2.45) is 17.8 Å². The van der Waals surface area contributed by atoms with Gasteiger partial charge in [0.25, 0.3) is 0 Å². The van der Waals surface area contributed by atoms with Gasteiger partial charge < -0.3 is 15.3 Å². The van der Waals surface area contributed by atoms with Crippen LogP contribution in [0.3, 0.4) is 0 Å². The lowest BCUT2D eigenvalue weighted by atomic mass is 9.85. The summed E-state index contributed by atoms with van der Waals surface area (Å²) in [7, 11) is 0. The molecule has 0 aromatic carbocycles. The normalized spacial score (nSPS) is 24.8. The van der Waals surface area contributed by atoms with Crippen molar-refractivity contribution in [3.05, 3.63) is 0 Å². The summed E-state index contributed by atoms with van der Waals surface area (Å²) < 4.78 is 0. The maximum atomic E-state index is 12.2. The molecule has 2 N–H and O–H groups in total. The van der Waals surface area contributed by atoms with Gasteiger partial charge in [0, 0.05) is 26.1 Å². The molecule has 2 unspecified atom stereocenters. The molecule has 1 aliphatic heterocycles. The lowest BCUT2D eigenvalue weighted by Crippen LogP contribution is -2.47. The number of carboxylic acids is 1. The van der Waals surface area contributed by atoms with Crippen LogP contribution in [0.4, 0.5) is 4.79 Å². The fourth-order valence-corrected chi connectivity index (χ4v) is 3.66. The number of carboxylic acid groups (broad SMARTS) is 1. The first-order chi connectivity index (χ1) is 10.1. The Balaban J connectivity index is 1.76. The quantitative estimate of drug-likeness (QED) is 0.819. The van der Waals surface area contributed by atoms with E-state index >= 15 is 0 Å². The van der Waals surface area contributed by atoms with E-state index in [1.54, 1.807) is 0 Å². The van der Waals surface area contributed by atoms with E-state index in [0.29, 0.717) is 18.4 Å². The maximum Gasteiger partial charge on any atom is 0.317 e. The molecule has 2 amide bonds. The molecule has 0 bridgehead atoms. The predicted molar refractivity (Wildman–Crippen MR) is 81.1 cm³/mol. The van der Waals surface area contributed by atoms with Crippen LogP contribution < -0.4 is 5.32 Å². The summed E-state index contributed by atoms with van der Waals surface area (Å²) in [5, 5.41) is 12.0. The summed E-state index contributed by atoms with van der Waals surface area (Å²) in [5.41, 5.74) is 0. The van der Waals surface area contributed by atoms with Crippen molar-refractivity contribution >= 4 is 12.0 Å². The fraction of sp³-hybridized carbons (Fsp3) is 0.875. The Morgan fingerprint density at radius 3 is 2.62 bits per heavy atom. The second kappa shape index (κ2) is 7.66. The molecule has 1 heterocycles. The maximum absolute atomic E-state index is 12.2. The molecule has 5 nitrogen and oxygen atoms in total. The third-order valence-electron chi connectivity index (χ3n) is 5.06. The number of hydrogen-bond acceptors (Lipinski definition) is 2. The van der Waals surface area contributed by atoms with Gasteiger partial charge in [-0.05, 0) is 43.4 Å². The standard InChI is InChI=1S/C16H28N2O3/c1-12(9-15(19)20)14-7-4-8-18(11-14)16(21)17-10-13-5-2-3-6-13/h12-14H,2-11H2,1H3,(H,17,21)(H,19,20). The lowest BCUT2D eigenvalue weighted by molar-refractivity contribution is -0.138. The summed E-state index contributed by atoms with van der Waals surface area (Å²) in [6.45, 7) is 4.28. The summed E-state index contributed by atoms with van der Waals surface area (Å²) in [6, 6.07) is 0.0362. The molecule has 21 heavy (non-hydrogen) atoms. The average molecular weight is 296 g/mol. The molecular weight excluding hydrogens is 268 g/mol. The van der Waals surface area contributed by atoms with Crippen molar-refractivity contribution in [2.45, 2.75) is 51.9 Å². The van der Waals surface area contributed by atoms with Crippen LogP contribution in [0.5, 0.6) is 0 Å². The van der Waals surface area contributed by atoms with E-state index in [4.69, 9.17) is 5.11 Å². The molecule has 2 fully saturated rings. The second-order valence-corrected chi connectivity index (χ2v) is 6.76. The number of urea groups is 1. The summed E-state index contributed by atoms with van der Waals surface area (Å²) in [6.07, 6.45) is 7.25. The molecule has 0 aromatic heterocycles. The highest BCUT2D eigenvalue weighted by molar-refractivity contribution is 5.74. The van der Waals surface area contributed by atoms with Gasteiger partial charge in [0.15, 0.2) is 0 Å². The van der Waals surface area contributed by atoms with Crippen LogP contribution in [-0.4, -0.2) is 41.6 Å². The monoisotopic (exact) mass is 296 g/mol. The van der Waals surface area contributed by atoms with E-state index in [9.17, 15) is 9.59 Å². The molecule has 1 saturated heterocycles. The van der Waals surface area contributed by atoms with Crippen LogP contribution in [0.25, 0.3) is 0 Å². The minimum atomic E-state index is -0.745.